The van der Waals surface area contributed by atoms with Gasteiger partial charge in [0.2, 0.25) is 0 Å². The van der Waals surface area contributed by atoms with Crippen LogP contribution in [-0.4, -0.2) is 0 Å². The lowest BCUT2D eigenvalue weighted by atomic mass is 9.68. The maximum atomic E-state index is 2.54. The van der Waals surface area contributed by atoms with Crippen LogP contribution in [0.25, 0.3) is 0 Å². The van der Waals surface area contributed by atoms with Gasteiger partial charge in [-0.3, -0.25) is 0 Å². The second-order valence-corrected chi connectivity index (χ2v) is 10.6. The van der Waals surface area contributed by atoms with Gasteiger partial charge in [-0.25, -0.2) is 0 Å². The first kappa shape index (κ1) is 23.8. The fourth-order valence-electron chi connectivity index (χ4n) is 5.28. The van der Waals surface area contributed by atoms with Crippen LogP contribution in [0.1, 0.15) is 114 Å². The van der Waals surface area contributed by atoms with Crippen LogP contribution in [0.5, 0.6) is 0 Å². The van der Waals surface area contributed by atoms with Gasteiger partial charge in [-0.1, -0.05) is 79.4 Å². The zero-order valence-corrected chi connectivity index (χ0v) is 19.7. The Morgan fingerprint density at radius 2 is 1.73 bits per heavy atom. The van der Waals surface area contributed by atoms with Crippen LogP contribution in [0, 0.1) is 40.9 Å². The third-order valence-corrected chi connectivity index (χ3v) is 7.91. The van der Waals surface area contributed by atoms with Gasteiger partial charge in [-0.15, -0.1) is 0 Å². The highest BCUT2D eigenvalue weighted by Crippen LogP contribution is 2.45. The molecule has 1 fully saturated rings. The maximum Gasteiger partial charge on any atom is -0.0204 e. The number of allylic oxidation sites excluding steroid dienone is 2. The second-order valence-electron chi connectivity index (χ2n) is 10.6. The summed E-state index contributed by atoms with van der Waals surface area (Å²) in [5.41, 5.74) is 2.05. The summed E-state index contributed by atoms with van der Waals surface area (Å²) in [4.78, 5) is 0. The van der Waals surface area contributed by atoms with Gasteiger partial charge in [0.1, 0.15) is 0 Å². The molecular formula is C26H50. The van der Waals surface area contributed by atoms with Crippen molar-refractivity contribution in [3.8, 4) is 0 Å². The molecule has 1 aliphatic carbocycles. The highest BCUT2D eigenvalue weighted by molar-refractivity contribution is 5.03. The van der Waals surface area contributed by atoms with E-state index >= 15 is 0 Å². The Bertz CT molecular complexity index is 414. The molecule has 1 aliphatic rings. The van der Waals surface area contributed by atoms with Crippen molar-refractivity contribution in [3.05, 3.63) is 11.6 Å². The van der Waals surface area contributed by atoms with Gasteiger partial charge in [0.15, 0.2) is 0 Å². The summed E-state index contributed by atoms with van der Waals surface area (Å²) in [7, 11) is 0. The molecule has 0 aromatic heterocycles. The Morgan fingerprint density at radius 3 is 2.15 bits per heavy atom. The normalized spacial score (nSPS) is 24.6. The van der Waals surface area contributed by atoms with Gasteiger partial charge < -0.3 is 0 Å². The third-order valence-electron chi connectivity index (χ3n) is 7.91. The van der Waals surface area contributed by atoms with Crippen molar-refractivity contribution in [1.82, 2.24) is 0 Å². The molecule has 0 heterocycles. The molecule has 1 rings (SSSR count). The predicted molar refractivity (Wildman–Crippen MR) is 119 cm³/mol. The highest BCUT2D eigenvalue weighted by Gasteiger charge is 2.35. The monoisotopic (exact) mass is 362 g/mol. The number of rotatable bonds is 13. The maximum absolute atomic E-state index is 2.54. The van der Waals surface area contributed by atoms with E-state index in [-0.39, 0.29) is 0 Å². The first-order valence-electron chi connectivity index (χ1n) is 11.8. The van der Waals surface area contributed by atoms with Crippen LogP contribution in [0.4, 0.5) is 0 Å². The number of hydrogen-bond acceptors (Lipinski definition) is 0. The highest BCUT2D eigenvalue weighted by atomic mass is 14.4. The first-order valence-corrected chi connectivity index (χ1v) is 11.8. The van der Waals surface area contributed by atoms with Gasteiger partial charge in [-0.05, 0) is 86.9 Å². The van der Waals surface area contributed by atoms with E-state index in [0.29, 0.717) is 5.41 Å². The molecule has 0 nitrogen and oxygen atoms in total. The molecule has 154 valence electrons. The van der Waals surface area contributed by atoms with Crippen molar-refractivity contribution in [3.63, 3.8) is 0 Å². The lowest BCUT2D eigenvalue weighted by molar-refractivity contribution is 0.146. The number of hydrogen-bond donors (Lipinski definition) is 0. The van der Waals surface area contributed by atoms with Crippen molar-refractivity contribution in [1.29, 1.82) is 0 Å². The summed E-state index contributed by atoms with van der Waals surface area (Å²) in [5.74, 6) is 5.52. The molecule has 1 saturated carbocycles. The van der Waals surface area contributed by atoms with Crippen molar-refractivity contribution >= 4 is 0 Å². The Morgan fingerprint density at radius 1 is 1.12 bits per heavy atom. The quantitative estimate of drug-likeness (QED) is 0.287. The van der Waals surface area contributed by atoms with Gasteiger partial charge >= 0.3 is 0 Å². The molecule has 0 spiro atoms. The van der Waals surface area contributed by atoms with Crippen molar-refractivity contribution < 1.29 is 0 Å². The minimum Gasteiger partial charge on any atom is -0.0885 e. The molecule has 0 saturated heterocycles. The fraction of sp³-hybridized carbons (Fsp3) is 0.923. The minimum atomic E-state index is 0.456. The summed E-state index contributed by atoms with van der Waals surface area (Å²) >= 11 is 0. The van der Waals surface area contributed by atoms with Crippen LogP contribution in [0.3, 0.4) is 0 Å². The van der Waals surface area contributed by atoms with Crippen LogP contribution < -0.4 is 0 Å². The Kier molecular flexibility index (Phi) is 9.98. The molecule has 0 heteroatoms. The van der Waals surface area contributed by atoms with Gasteiger partial charge in [0.05, 0.1) is 0 Å². The van der Waals surface area contributed by atoms with Crippen LogP contribution in [-0.2, 0) is 0 Å². The zero-order chi connectivity index (χ0) is 19.9. The smallest absolute Gasteiger partial charge is 0.0204 e. The minimum absolute atomic E-state index is 0.456. The van der Waals surface area contributed by atoms with Crippen molar-refractivity contribution in [2.75, 3.05) is 0 Å². The molecule has 26 heavy (non-hydrogen) atoms. The van der Waals surface area contributed by atoms with E-state index in [0.717, 1.165) is 35.5 Å². The lowest BCUT2D eigenvalue weighted by Gasteiger charge is -2.37. The van der Waals surface area contributed by atoms with Gasteiger partial charge in [0, 0.05) is 0 Å². The van der Waals surface area contributed by atoms with Crippen molar-refractivity contribution in [2.24, 2.45) is 40.9 Å². The van der Waals surface area contributed by atoms with E-state index in [1.54, 1.807) is 5.57 Å². The molecule has 0 aromatic carbocycles. The van der Waals surface area contributed by atoms with Crippen LogP contribution in [0.2, 0.25) is 0 Å². The molecular weight excluding hydrogens is 312 g/mol. The summed E-state index contributed by atoms with van der Waals surface area (Å²) in [6, 6.07) is 0. The average molecular weight is 363 g/mol. The summed E-state index contributed by atoms with van der Waals surface area (Å²) in [5, 5.41) is 0. The van der Waals surface area contributed by atoms with E-state index in [9.17, 15) is 0 Å². The van der Waals surface area contributed by atoms with E-state index in [1.807, 2.05) is 0 Å². The van der Waals surface area contributed by atoms with E-state index < -0.39 is 0 Å². The van der Waals surface area contributed by atoms with E-state index in [1.165, 1.54) is 51.4 Å². The predicted octanol–water partition coefficient (Wildman–Crippen LogP) is 8.91. The SMILES string of the molecule is CC=C(C)C(CC)CC(C)(C)C(CC)CCCC(CC1CC1C)C(C)C. The largest absolute Gasteiger partial charge is 0.0885 e. The Balaban J connectivity index is 2.55. The molecule has 5 unspecified atom stereocenters. The Hall–Kier alpha value is -0.260. The average Bonchev–Trinajstić information content (AvgIpc) is 3.29. The molecule has 0 aliphatic heterocycles. The zero-order valence-electron chi connectivity index (χ0n) is 19.7. The first-order chi connectivity index (χ1) is 12.2. The summed E-state index contributed by atoms with van der Waals surface area (Å²) < 4.78 is 0. The van der Waals surface area contributed by atoms with Crippen LogP contribution in [0.15, 0.2) is 11.6 Å². The van der Waals surface area contributed by atoms with E-state index in [4.69, 9.17) is 0 Å². The Labute approximate surface area is 166 Å². The van der Waals surface area contributed by atoms with Crippen LogP contribution >= 0.6 is 0 Å². The molecule has 0 amide bonds. The topological polar surface area (TPSA) is 0 Å². The summed E-state index contributed by atoms with van der Waals surface area (Å²) in [6.07, 6.45) is 13.6. The van der Waals surface area contributed by atoms with Gasteiger partial charge in [0.25, 0.3) is 0 Å². The second kappa shape index (κ2) is 10.9. The molecule has 0 aromatic rings. The lowest BCUT2D eigenvalue weighted by Crippen LogP contribution is -2.27. The molecule has 0 radical (unpaired) electrons. The standard InChI is InChI=1S/C26H50/c1-10-20(6)22(11-2)18-26(8,9)25(12-3)15-13-14-23(19(4)5)17-24-16-21(24)7/h10,19,21-25H,11-18H2,1-9H3. The van der Waals surface area contributed by atoms with Crippen molar-refractivity contribution in [2.45, 2.75) is 114 Å². The molecule has 0 bridgehead atoms. The van der Waals surface area contributed by atoms with Gasteiger partial charge in [-0.2, -0.15) is 0 Å². The molecule has 0 N–H and O–H groups in total. The fourth-order valence-corrected chi connectivity index (χ4v) is 5.28. The third kappa shape index (κ3) is 7.40. The molecule has 5 atom stereocenters. The van der Waals surface area contributed by atoms with E-state index in [2.05, 4.69) is 68.4 Å². The summed E-state index contributed by atoms with van der Waals surface area (Å²) in [6.45, 7) is 21.7.